The zero-order valence-electron chi connectivity index (χ0n) is 11.1. The van der Waals surface area contributed by atoms with Crippen LogP contribution in [0.1, 0.15) is 10.4 Å². The Balaban J connectivity index is 2.33. The van der Waals surface area contributed by atoms with Crippen molar-refractivity contribution >= 4 is 32.5 Å². The Labute approximate surface area is 132 Å². The van der Waals surface area contributed by atoms with Crippen molar-refractivity contribution in [1.82, 2.24) is 4.98 Å². The van der Waals surface area contributed by atoms with Crippen molar-refractivity contribution in [2.24, 2.45) is 0 Å². The molecule has 0 fully saturated rings. The lowest BCUT2D eigenvalue weighted by atomic mass is 10.2. The van der Waals surface area contributed by atoms with Crippen LogP contribution in [0.2, 0.25) is 0 Å². The smallest absolute Gasteiger partial charge is 0.417 e. The Morgan fingerprint density at radius 3 is 2.57 bits per heavy atom. The topological polar surface area (TPSA) is 99.2 Å². The average molecular weight is 365 g/mol. The van der Waals surface area contributed by atoms with Gasteiger partial charge in [-0.15, -0.1) is 11.3 Å². The van der Waals surface area contributed by atoms with Crippen LogP contribution in [0.5, 0.6) is 0 Å². The molecule has 11 heteroatoms. The number of hydrogen-bond donors (Lipinski definition) is 1. The van der Waals surface area contributed by atoms with Crippen LogP contribution in [0, 0.1) is 0 Å². The van der Waals surface area contributed by atoms with Crippen molar-refractivity contribution in [3.63, 3.8) is 0 Å². The van der Waals surface area contributed by atoms with Gasteiger partial charge in [-0.25, -0.2) is 13.4 Å². The van der Waals surface area contributed by atoms with E-state index in [9.17, 15) is 31.5 Å². The zero-order chi connectivity index (χ0) is 17.3. The molecule has 23 heavy (non-hydrogen) atoms. The van der Waals surface area contributed by atoms with Crippen molar-refractivity contribution < 1.29 is 31.5 Å². The summed E-state index contributed by atoms with van der Waals surface area (Å²) in [6.07, 6.45) is -4.21. The van der Waals surface area contributed by atoms with Gasteiger partial charge in [-0.2, -0.15) is 13.2 Å². The van der Waals surface area contributed by atoms with Crippen LogP contribution in [-0.2, 0) is 27.4 Å². The lowest BCUT2D eigenvalue weighted by Crippen LogP contribution is -2.23. The van der Waals surface area contributed by atoms with Crippen LogP contribution in [0.15, 0.2) is 35.4 Å². The highest BCUT2D eigenvalue weighted by Gasteiger charge is 2.37. The summed E-state index contributed by atoms with van der Waals surface area (Å²) in [4.78, 5) is 13.3. The molecule has 0 aliphatic heterocycles. The molecule has 0 unspecified atom stereocenters. The molecule has 0 amide bonds. The monoisotopic (exact) mass is 365 g/mol. The number of halogens is 3. The Morgan fingerprint density at radius 2 is 1.96 bits per heavy atom. The van der Waals surface area contributed by atoms with Gasteiger partial charge < -0.3 is 9.90 Å². The van der Waals surface area contributed by atoms with Gasteiger partial charge in [0.05, 0.1) is 10.5 Å². The van der Waals surface area contributed by atoms with Crippen molar-refractivity contribution in [1.29, 1.82) is 0 Å². The summed E-state index contributed by atoms with van der Waals surface area (Å²) < 4.78 is 64.8. The van der Waals surface area contributed by atoms with E-state index in [1.807, 2.05) is 4.72 Å². The number of nitrogens with zero attached hydrogens (tertiary/aromatic N) is 1. The van der Waals surface area contributed by atoms with E-state index in [4.69, 9.17) is 0 Å². The number of aliphatic carboxylic acids is 1. The average Bonchev–Trinajstić information content (AvgIpc) is 2.83. The molecule has 2 rings (SSSR count). The number of carbonyl (C=O) groups excluding carboxylic acids is 1. The van der Waals surface area contributed by atoms with Gasteiger partial charge in [0.2, 0.25) is 0 Å². The number of rotatable bonds is 5. The number of thiazole rings is 1. The molecule has 0 saturated heterocycles. The molecule has 0 spiro atoms. The molecule has 0 aliphatic rings. The molecule has 1 N–H and O–H groups in total. The van der Waals surface area contributed by atoms with Gasteiger partial charge in [0.1, 0.15) is 0 Å². The summed E-state index contributed by atoms with van der Waals surface area (Å²) >= 11 is 0.693. The van der Waals surface area contributed by atoms with E-state index in [1.165, 1.54) is 0 Å². The Bertz CT molecular complexity index is 831. The van der Waals surface area contributed by atoms with E-state index in [0.29, 0.717) is 17.4 Å². The molecule has 0 saturated carbocycles. The van der Waals surface area contributed by atoms with E-state index >= 15 is 0 Å². The quantitative estimate of drug-likeness (QED) is 0.860. The van der Waals surface area contributed by atoms with Gasteiger partial charge in [0, 0.05) is 23.5 Å². The number of carbonyl (C=O) groups is 1. The Hall–Kier alpha value is -2.14. The van der Waals surface area contributed by atoms with Crippen LogP contribution < -0.4 is 9.83 Å². The number of sulfonamides is 1. The molecule has 1 aromatic heterocycles. The number of aromatic nitrogens is 1. The second-order valence-electron chi connectivity index (χ2n) is 4.28. The molecule has 1 heterocycles. The predicted octanol–water partition coefficient (Wildman–Crippen LogP) is 1.26. The maximum Gasteiger partial charge on any atom is 0.417 e. The maximum absolute atomic E-state index is 12.9. The summed E-state index contributed by atoms with van der Waals surface area (Å²) in [6, 6.07) is 3.70. The maximum atomic E-state index is 12.9. The standard InChI is InChI=1S/C12H9F3N2O4S2/c13-12(14,15)8-3-1-2-4-9(8)23(20,21)17-11-16-6-7(22-11)5-10(18)19/h1-4,6H,5H2,(H,16,17)(H,18,19)/p-1. The van der Waals surface area contributed by atoms with Gasteiger partial charge in [-0.1, -0.05) is 12.1 Å². The number of carboxylic acid groups (broad SMARTS) is 1. The second-order valence-corrected chi connectivity index (χ2v) is 7.05. The molecule has 0 atom stereocenters. The van der Waals surface area contributed by atoms with E-state index in [0.717, 1.165) is 24.4 Å². The molecular weight excluding hydrogens is 357 g/mol. The summed E-state index contributed by atoms with van der Waals surface area (Å²) in [5.41, 5.74) is -1.31. The fraction of sp³-hybridized carbons (Fsp3) is 0.167. The molecule has 6 nitrogen and oxygen atoms in total. The van der Waals surface area contributed by atoms with E-state index in [2.05, 4.69) is 4.98 Å². The second kappa shape index (κ2) is 6.16. The number of alkyl halides is 3. The summed E-state index contributed by atoms with van der Waals surface area (Å²) in [7, 11) is -4.53. The summed E-state index contributed by atoms with van der Waals surface area (Å²) in [5.74, 6) is -1.38. The normalized spacial score (nSPS) is 12.1. The van der Waals surface area contributed by atoms with E-state index in [-0.39, 0.29) is 10.0 Å². The van der Waals surface area contributed by atoms with Gasteiger partial charge in [-0.05, 0) is 12.1 Å². The molecular formula is C12H8F3N2O4S2-. The molecule has 0 bridgehead atoms. The van der Waals surface area contributed by atoms with E-state index in [1.54, 1.807) is 0 Å². The SMILES string of the molecule is O=C([O-])Cc1cnc(NS(=O)(=O)c2ccccc2C(F)(F)F)s1. The van der Waals surface area contributed by atoms with Crippen LogP contribution in [0.25, 0.3) is 0 Å². The summed E-state index contributed by atoms with van der Waals surface area (Å²) in [6.45, 7) is 0. The largest absolute Gasteiger partial charge is 0.550 e. The fourth-order valence-corrected chi connectivity index (χ4v) is 3.95. The van der Waals surface area contributed by atoms with Gasteiger partial charge in [-0.3, -0.25) is 4.72 Å². The molecule has 0 aliphatic carbocycles. The molecule has 2 aromatic rings. The Morgan fingerprint density at radius 1 is 1.30 bits per heavy atom. The van der Waals surface area contributed by atoms with Crippen LogP contribution in [0.4, 0.5) is 18.3 Å². The minimum atomic E-state index is -4.84. The summed E-state index contributed by atoms with van der Waals surface area (Å²) in [5, 5.41) is 10.2. The first-order valence-electron chi connectivity index (χ1n) is 5.93. The minimum absolute atomic E-state index is 0.201. The lowest BCUT2D eigenvalue weighted by molar-refractivity contribution is -0.304. The minimum Gasteiger partial charge on any atom is -0.550 e. The molecule has 124 valence electrons. The number of anilines is 1. The van der Waals surface area contributed by atoms with Crippen LogP contribution in [0.3, 0.4) is 0 Å². The van der Waals surface area contributed by atoms with Crippen molar-refractivity contribution in [3.8, 4) is 0 Å². The van der Waals surface area contributed by atoms with Crippen molar-refractivity contribution in [2.75, 3.05) is 4.72 Å². The zero-order valence-corrected chi connectivity index (χ0v) is 12.8. The molecule has 1 aromatic carbocycles. The first kappa shape index (κ1) is 17.2. The highest BCUT2D eigenvalue weighted by molar-refractivity contribution is 7.93. The van der Waals surface area contributed by atoms with Crippen LogP contribution in [-0.4, -0.2) is 19.4 Å². The first-order valence-corrected chi connectivity index (χ1v) is 8.23. The van der Waals surface area contributed by atoms with Gasteiger partial charge in [0.15, 0.2) is 5.13 Å². The third-order valence-electron chi connectivity index (χ3n) is 2.58. The lowest BCUT2D eigenvalue weighted by Gasteiger charge is -2.13. The van der Waals surface area contributed by atoms with E-state index < -0.39 is 39.0 Å². The van der Waals surface area contributed by atoms with Crippen molar-refractivity contribution in [2.45, 2.75) is 17.5 Å². The third kappa shape index (κ3) is 4.20. The highest BCUT2D eigenvalue weighted by atomic mass is 32.2. The number of benzene rings is 1. The number of carboxylic acids is 1. The first-order chi connectivity index (χ1) is 10.6. The molecule has 0 radical (unpaired) electrons. The third-order valence-corrected chi connectivity index (χ3v) is 5.01. The predicted molar refractivity (Wildman–Crippen MR) is 73.1 cm³/mol. The van der Waals surface area contributed by atoms with Gasteiger partial charge >= 0.3 is 6.18 Å². The highest BCUT2D eigenvalue weighted by Crippen LogP contribution is 2.34. The number of nitrogens with one attached hydrogen (secondary N) is 1. The van der Waals surface area contributed by atoms with Crippen LogP contribution >= 0.6 is 11.3 Å². The fourth-order valence-electron chi connectivity index (χ4n) is 1.68. The van der Waals surface area contributed by atoms with Crippen molar-refractivity contribution in [3.05, 3.63) is 40.9 Å². The Kier molecular flexibility index (Phi) is 4.61. The number of hydrogen-bond acceptors (Lipinski definition) is 6. The van der Waals surface area contributed by atoms with Gasteiger partial charge in [0.25, 0.3) is 10.0 Å².